The lowest BCUT2D eigenvalue weighted by molar-refractivity contribution is -0.141. The molecule has 1 aromatic carbocycles. The lowest BCUT2D eigenvalue weighted by Gasteiger charge is -2.14. The van der Waals surface area contributed by atoms with Gasteiger partial charge in [0.2, 0.25) is 11.8 Å². The smallest absolute Gasteiger partial charge is 0.325 e. The number of amides is 2. The number of rotatable bonds is 7. The van der Waals surface area contributed by atoms with Gasteiger partial charge in [-0.25, -0.2) is 4.39 Å². The lowest BCUT2D eigenvalue weighted by atomic mass is 10.3. The van der Waals surface area contributed by atoms with E-state index in [-0.39, 0.29) is 11.7 Å². The van der Waals surface area contributed by atoms with Crippen LogP contribution in [-0.4, -0.2) is 39.9 Å². The summed E-state index contributed by atoms with van der Waals surface area (Å²) >= 11 is 1.08. The van der Waals surface area contributed by atoms with Gasteiger partial charge < -0.3 is 15.7 Å². The Bertz CT molecular complexity index is 550. The van der Waals surface area contributed by atoms with E-state index >= 15 is 0 Å². The number of aliphatic carboxylic acids is 1. The maximum atomic E-state index is 12.7. The molecule has 22 heavy (non-hydrogen) atoms. The van der Waals surface area contributed by atoms with Gasteiger partial charge in [0, 0.05) is 5.69 Å². The van der Waals surface area contributed by atoms with Crippen molar-refractivity contribution in [1.29, 1.82) is 0 Å². The maximum absolute atomic E-state index is 12.7. The summed E-state index contributed by atoms with van der Waals surface area (Å²) in [6, 6.07) is 4.34. The summed E-state index contributed by atoms with van der Waals surface area (Å²) in [5.41, 5.74) is 0.462. The molecular weight excluding hydrogens is 311 g/mol. The van der Waals surface area contributed by atoms with E-state index in [4.69, 9.17) is 5.11 Å². The van der Waals surface area contributed by atoms with Crippen LogP contribution in [0.5, 0.6) is 0 Å². The summed E-state index contributed by atoms with van der Waals surface area (Å²) in [7, 11) is 0. The number of hydrogen-bond acceptors (Lipinski definition) is 4. The molecule has 0 aromatic heterocycles. The Labute approximate surface area is 131 Å². The average molecular weight is 328 g/mol. The summed E-state index contributed by atoms with van der Waals surface area (Å²) in [5.74, 6) is -2.28. The van der Waals surface area contributed by atoms with Crippen LogP contribution >= 0.6 is 11.8 Å². The zero-order valence-electron chi connectivity index (χ0n) is 12.1. The minimum absolute atomic E-state index is 0.0212. The highest BCUT2D eigenvalue weighted by Gasteiger charge is 2.20. The van der Waals surface area contributed by atoms with Crippen LogP contribution in [0.2, 0.25) is 0 Å². The van der Waals surface area contributed by atoms with Gasteiger partial charge in [-0.15, -0.1) is 11.8 Å². The second kappa shape index (κ2) is 8.38. The van der Waals surface area contributed by atoms with E-state index in [1.165, 1.54) is 31.2 Å². The molecule has 0 heterocycles. The molecule has 0 aliphatic carbocycles. The zero-order valence-corrected chi connectivity index (χ0v) is 12.9. The van der Waals surface area contributed by atoms with E-state index in [1.807, 2.05) is 0 Å². The number of anilines is 1. The topological polar surface area (TPSA) is 95.5 Å². The molecule has 1 unspecified atom stereocenters. The molecule has 2 amide bonds. The van der Waals surface area contributed by atoms with E-state index in [0.29, 0.717) is 5.69 Å². The third-order valence-corrected chi connectivity index (χ3v) is 3.83. The predicted molar refractivity (Wildman–Crippen MR) is 82.2 cm³/mol. The van der Waals surface area contributed by atoms with Gasteiger partial charge in [-0.05, 0) is 38.1 Å². The van der Waals surface area contributed by atoms with Crippen LogP contribution in [0.25, 0.3) is 0 Å². The predicted octanol–water partition coefficient (Wildman–Crippen LogP) is 1.48. The third-order valence-electron chi connectivity index (χ3n) is 2.69. The molecule has 120 valence electrons. The summed E-state index contributed by atoms with van der Waals surface area (Å²) in [5, 5.41) is 13.0. The molecule has 0 aliphatic heterocycles. The second-order valence-electron chi connectivity index (χ2n) is 4.58. The Hall–Kier alpha value is -2.09. The second-order valence-corrected chi connectivity index (χ2v) is 5.91. The Morgan fingerprint density at radius 1 is 1.23 bits per heavy atom. The van der Waals surface area contributed by atoms with Crippen molar-refractivity contribution in [3.63, 3.8) is 0 Å². The monoisotopic (exact) mass is 328 g/mol. The highest BCUT2D eigenvalue weighted by atomic mass is 32.2. The largest absolute Gasteiger partial charge is 0.480 e. The first-order valence-electron chi connectivity index (χ1n) is 6.49. The summed E-state index contributed by atoms with van der Waals surface area (Å²) in [6.07, 6.45) is 0. The van der Waals surface area contributed by atoms with Crippen LogP contribution in [-0.2, 0) is 14.4 Å². The molecule has 2 atom stereocenters. The van der Waals surface area contributed by atoms with Crippen molar-refractivity contribution in [2.45, 2.75) is 25.1 Å². The number of nitrogens with one attached hydrogen (secondary N) is 2. The van der Waals surface area contributed by atoms with Gasteiger partial charge in [-0.2, -0.15) is 0 Å². The number of carboxylic acid groups (broad SMARTS) is 1. The number of benzene rings is 1. The Balaban J connectivity index is 2.38. The van der Waals surface area contributed by atoms with E-state index in [2.05, 4.69) is 10.6 Å². The molecule has 0 aliphatic rings. The number of thioether (sulfide) groups is 1. The molecule has 0 bridgehead atoms. The molecule has 0 saturated heterocycles. The fourth-order valence-electron chi connectivity index (χ4n) is 1.40. The SMILES string of the molecule is CC(SCC(=O)Nc1ccc(F)cc1)C(=O)N[C@@H](C)C(=O)O. The molecule has 0 radical (unpaired) electrons. The average Bonchev–Trinajstić information content (AvgIpc) is 2.46. The number of hydrogen-bond donors (Lipinski definition) is 3. The van der Waals surface area contributed by atoms with Gasteiger partial charge in [-0.1, -0.05) is 0 Å². The fraction of sp³-hybridized carbons (Fsp3) is 0.357. The standard InChI is InChI=1S/C14H17FN2O4S/c1-8(14(20)21)16-13(19)9(2)22-7-12(18)17-11-5-3-10(15)4-6-11/h3-6,8-9H,7H2,1-2H3,(H,16,19)(H,17,18)(H,20,21)/t8-,9?/m0/s1. The third kappa shape index (κ3) is 6.13. The molecule has 0 spiro atoms. The normalized spacial score (nSPS) is 13.0. The van der Waals surface area contributed by atoms with Crippen molar-refractivity contribution in [3.8, 4) is 0 Å². The highest BCUT2D eigenvalue weighted by Crippen LogP contribution is 2.13. The molecule has 1 rings (SSSR count). The molecule has 3 N–H and O–H groups in total. The van der Waals surface area contributed by atoms with Gasteiger partial charge in [0.05, 0.1) is 11.0 Å². The molecule has 0 fully saturated rings. The van der Waals surface area contributed by atoms with Gasteiger partial charge in [0.15, 0.2) is 0 Å². The first-order chi connectivity index (χ1) is 10.3. The first kappa shape index (κ1) is 18.0. The van der Waals surface area contributed by atoms with E-state index in [9.17, 15) is 18.8 Å². The number of carbonyl (C=O) groups excluding carboxylic acids is 2. The van der Waals surface area contributed by atoms with Crippen molar-refractivity contribution in [2.75, 3.05) is 11.1 Å². The molecule has 8 heteroatoms. The van der Waals surface area contributed by atoms with Crippen LogP contribution in [0, 0.1) is 5.82 Å². The van der Waals surface area contributed by atoms with E-state index < -0.39 is 29.0 Å². The van der Waals surface area contributed by atoms with Crippen LogP contribution < -0.4 is 10.6 Å². The van der Waals surface area contributed by atoms with E-state index in [0.717, 1.165) is 11.8 Å². The molecule has 1 aromatic rings. The van der Waals surface area contributed by atoms with Crippen molar-refractivity contribution < 1.29 is 23.9 Å². The number of carbonyl (C=O) groups is 3. The van der Waals surface area contributed by atoms with Gasteiger partial charge in [0.1, 0.15) is 11.9 Å². The van der Waals surface area contributed by atoms with Crippen LogP contribution in [0.1, 0.15) is 13.8 Å². The number of carboxylic acids is 1. The first-order valence-corrected chi connectivity index (χ1v) is 7.54. The zero-order chi connectivity index (χ0) is 16.7. The summed E-state index contributed by atoms with van der Waals surface area (Å²) in [6.45, 7) is 2.94. The lowest BCUT2D eigenvalue weighted by Crippen LogP contribution is -2.42. The molecule has 0 saturated carbocycles. The summed E-state index contributed by atoms with van der Waals surface area (Å²) < 4.78 is 12.7. The highest BCUT2D eigenvalue weighted by molar-refractivity contribution is 8.01. The molecule has 6 nitrogen and oxygen atoms in total. The van der Waals surface area contributed by atoms with Crippen LogP contribution in [0.3, 0.4) is 0 Å². The van der Waals surface area contributed by atoms with Crippen molar-refractivity contribution in [3.05, 3.63) is 30.1 Å². The quantitative estimate of drug-likeness (QED) is 0.704. The minimum atomic E-state index is -1.13. The van der Waals surface area contributed by atoms with Crippen molar-refractivity contribution in [2.24, 2.45) is 0 Å². The Morgan fingerprint density at radius 3 is 2.36 bits per heavy atom. The maximum Gasteiger partial charge on any atom is 0.325 e. The fourth-order valence-corrected chi connectivity index (χ4v) is 2.09. The van der Waals surface area contributed by atoms with Crippen LogP contribution in [0.4, 0.5) is 10.1 Å². The van der Waals surface area contributed by atoms with Crippen molar-refractivity contribution in [1.82, 2.24) is 5.32 Å². The van der Waals surface area contributed by atoms with Crippen LogP contribution in [0.15, 0.2) is 24.3 Å². The summed E-state index contributed by atoms with van der Waals surface area (Å²) in [4.78, 5) is 34.0. The van der Waals surface area contributed by atoms with Gasteiger partial charge in [0.25, 0.3) is 0 Å². The van der Waals surface area contributed by atoms with Crippen molar-refractivity contribution >= 4 is 35.2 Å². The van der Waals surface area contributed by atoms with Gasteiger partial charge >= 0.3 is 5.97 Å². The Morgan fingerprint density at radius 2 is 1.82 bits per heavy atom. The van der Waals surface area contributed by atoms with E-state index in [1.54, 1.807) is 6.92 Å². The van der Waals surface area contributed by atoms with Gasteiger partial charge in [-0.3, -0.25) is 14.4 Å². The minimum Gasteiger partial charge on any atom is -0.480 e. The molecular formula is C14H17FN2O4S. The number of halogens is 1. The Kier molecular flexibility index (Phi) is 6.84.